The van der Waals surface area contributed by atoms with E-state index in [0.29, 0.717) is 17.8 Å². The average molecular weight is 435 g/mol. The molecule has 1 aromatic heterocycles. The summed E-state index contributed by atoms with van der Waals surface area (Å²) in [6.07, 6.45) is 6.42. The Bertz CT molecular complexity index is 1070. The molecule has 6 heteroatoms. The lowest BCUT2D eigenvalue weighted by Gasteiger charge is -2.41. The quantitative estimate of drug-likeness (QED) is 0.703. The van der Waals surface area contributed by atoms with Crippen molar-refractivity contribution in [2.45, 2.75) is 38.0 Å². The van der Waals surface area contributed by atoms with Crippen molar-refractivity contribution in [3.05, 3.63) is 77.3 Å². The maximum absolute atomic E-state index is 13.4. The zero-order valence-electron chi connectivity index (χ0n) is 18.3. The van der Waals surface area contributed by atoms with E-state index in [1.165, 1.54) is 0 Å². The molecule has 1 aliphatic carbocycles. The van der Waals surface area contributed by atoms with Crippen LogP contribution < -0.4 is 15.6 Å². The molecule has 0 saturated heterocycles. The van der Waals surface area contributed by atoms with Gasteiger partial charge in [0.15, 0.2) is 0 Å². The number of carbonyl (C=O) groups is 2. The Balaban J connectivity index is 1.82. The van der Waals surface area contributed by atoms with Crippen molar-refractivity contribution in [1.82, 2.24) is 5.32 Å². The van der Waals surface area contributed by atoms with Crippen molar-refractivity contribution in [3.8, 4) is 0 Å². The second-order valence-electron chi connectivity index (χ2n) is 8.85. The largest absolute Gasteiger partial charge is 0.362 e. The number of hydrogen-bond donors (Lipinski definition) is 2. The predicted octanol–water partition coefficient (Wildman–Crippen LogP) is 4.32. The second-order valence-corrected chi connectivity index (χ2v) is 9.73. The molecule has 4 rings (SSSR count). The number of pyridine rings is 1. The van der Waals surface area contributed by atoms with Crippen LogP contribution in [0, 0.1) is 11.3 Å². The lowest BCUT2D eigenvalue weighted by atomic mass is 9.66. The van der Waals surface area contributed by atoms with Gasteiger partial charge in [-0.1, -0.05) is 38.1 Å². The minimum absolute atomic E-state index is 0.165. The highest BCUT2D eigenvalue weighted by atomic mass is 32.2. The molecule has 2 heterocycles. The molecule has 2 aliphatic rings. The number of ketones is 1. The predicted molar refractivity (Wildman–Crippen MR) is 123 cm³/mol. The van der Waals surface area contributed by atoms with Gasteiger partial charge < -0.3 is 5.32 Å². The number of aromatic amines is 1. The lowest BCUT2D eigenvalue weighted by molar-refractivity contribution is -0.360. The number of rotatable bonds is 4. The van der Waals surface area contributed by atoms with E-state index in [1.54, 1.807) is 18.0 Å². The molecule has 1 aromatic carbocycles. The Kier molecular flexibility index (Phi) is 5.75. The molecule has 31 heavy (non-hydrogen) atoms. The van der Waals surface area contributed by atoms with E-state index in [4.69, 9.17) is 0 Å². The van der Waals surface area contributed by atoms with E-state index in [0.717, 1.165) is 21.9 Å². The number of anilines is 1. The Morgan fingerprint density at radius 3 is 2.55 bits per heavy atom. The van der Waals surface area contributed by atoms with Crippen LogP contribution in [-0.2, 0) is 9.59 Å². The van der Waals surface area contributed by atoms with Crippen LogP contribution in [0.4, 0.5) is 5.82 Å². The summed E-state index contributed by atoms with van der Waals surface area (Å²) in [4.78, 5) is 31.0. The number of hydrogen-bond acceptors (Lipinski definition) is 4. The van der Waals surface area contributed by atoms with Crippen molar-refractivity contribution in [1.29, 1.82) is 0 Å². The normalized spacial score (nSPS) is 22.3. The molecule has 0 fully saturated rings. The first-order chi connectivity index (χ1) is 14.8. The van der Waals surface area contributed by atoms with E-state index in [2.05, 4.69) is 47.7 Å². The summed E-state index contributed by atoms with van der Waals surface area (Å²) >= 11 is 1.67. The molecule has 0 spiro atoms. The molecule has 2 unspecified atom stereocenters. The minimum Gasteiger partial charge on any atom is -0.362 e. The molecule has 2 atom stereocenters. The van der Waals surface area contributed by atoms with Gasteiger partial charge in [-0.2, -0.15) is 0 Å². The fourth-order valence-electron chi connectivity index (χ4n) is 4.60. The van der Waals surface area contributed by atoms with Crippen molar-refractivity contribution >= 4 is 29.3 Å². The van der Waals surface area contributed by atoms with Crippen LogP contribution in [0.3, 0.4) is 0 Å². The lowest BCUT2D eigenvalue weighted by Crippen LogP contribution is -2.44. The Morgan fingerprint density at radius 2 is 1.90 bits per heavy atom. The summed E-state index contributed by atoms with van der Waals surface area (Å²) in [5.74, 6) is -0.157. The number of H-pyrrole nitrogens is 1. The average Bonchev–Trinajstić information content (AvgIpc) is 2.72. The van der Waals surface area contributed by atoms with Crippen molar-refractivity contribution in [3.63, 3.8) is 0 Å². The highest BCUT2D eigenvalue weighted by Crippen LogP contribution is 2.47. The summed E-state index contributed by atoms with van der Waals surface area (Å²) in [7, 11) is 0. The summed E-state index contributed by atoms with van der Waals surface area (Å²) in [6, 6.07) is 13.7. The molecule has 0 radical (unpaired) electrons. The Labute approximate surface area is 187 Å². The van der Waals surface area contributed by atoms with Crippen LogP contribution in [-0.4, -0.2) is 17.9 Å². The molecule has 1 amide bonds. The van der Waals surface area contributed by atoms with Crippen LogP contribution in [0.5, 0.6) is 0 Å². The molecule has 3 N–H and O–H groups in total. The number of amides is 1. The smallest absolute Gasteiger partial charge is 0.337 e. The van der Waals surface area contributed by atoms with E-state index < -0.39 is 5.92 Å². The number of Topliss-reactive ketones (excluding diaryl/α,β-unsaturated/α-hetero) is 1. The van der Waals surface area contributed by atoms with E-state index >= 15 is 0 Å². The molecule has 1 aliphatic heterocycles. The summed E-state index contributed by atoms with van der Waals surface area (Å²) < 4.78 is 0. The van der Waals surface area contributed by atoms with Crippen LogP contribution in [0.1, 0.15) is 38.7 Å². The summed E-state index contributed by atoms with van der Waals surface area (Å²) in [5, 5.41) is 6.35. The third-order valence-electron chi connectivity index (χ3n) is 5.92. The first-order valence-electron chi connectivity index (χ1n) is 10.4. The Hall–Kier alpha value is -2.86. The van der Waals surface area contributed by atoms with Crippen LogP contribution in [0.2, 0.25) is 0 Å². The maximum atomic E-state index is 13.4. The summed E-state index contributed by atoms with van der Waals surface area (Å²) in [5.41, 5.74) is 3.05. The number of benzene rings is 1. The SMILES string of the molecule is CSc1ccc(C2C(C(=O)Nc3cccc[nH+]3)=C(C)NC3=CC(C)(C)CC(=O)C32)cc1. The van der Waals surface area contributed by atoms with Gasteiger partial charge in [0.2, 0.25) is 0 Å². The first-order valence-corrected chi connectivity index (χ1v) is 11.7. The van der Waals surface area contributed by atoms with Gasteiger partial charge in [-0.3, -0.25) is 4.79 Å². The van der Waals surface area contributed by atoms with Gasteiger partial charge in [0.1, 0.15) is 5.78 Å². The van der Waals surface area contributed by atoms with Gasteiger partial charge in [-0.05, 0) is 42.4 Å². The van der Waals surface area contributed by atoms with E-state index in [1.807, 2.05) is 43.5 Å². The molecular formula is C25H28N3O2S+. The van der Waals surface area contributed by atoms with Crippen molar-refractivity contribution in [2.75, 3.05) is 11.6 Å². The fraction of sp³-hybridized carbons (Fsp3) is 0.320. The third kappa shape index (κ3) is 4.30. The number of nitrogens with one attached hydrogen (secondary N) is 3. The van der Waals surface area contributed by atoms with Gasteiger partial charge in [0.25, 0.3) is 5.82 Å². The third-order valence-corrected chi connectivity index (χ3v) is 6.66. The van der Waals surface area contributed by atoms with Gasteiger partial charge in [-0.15, -0.1) is 11.8 Å². The topological polar surface area (TPSA) is 72.3 Å². The highest BCUT2D eigenvalue weighted by molar-refractivity contribution is 7.98. The van der Waals surface area contributed by atoms with Gasteiger partial charge in [0.05, 0.1) is 17.7 Å². The molecule has 2 aromatic rings. The molecule has 160 valence electrons. The summed E-state index contributed by atoms with van der Waals surface area (Å²) in [6.45, 7) is 6.06. The van der Waals surface area contributed by atoms with E-state index in [9.17, 15) is 9.59 Å². The highest BCUT2D eigenvalue weighted by Gasteiger charge is 2.46. The van der Waals surface area contributed by atoms with Crippen LogP contribution in [0.15, 0.2) is 76.6 Å². The number of carbonyl (C=O) groups excluding carboxylic acids is 2. The van der Waals surface area contributed by atoms with Gasteiger partial charge in [-0.25, -0.2) is 15.1 Å². The monoisotopic (exact) mass is 434 g/mol. The zero-order chi connectivity index (χ0) is 22.2. The fourth-order valence-corrected chi connectivity index (χ4v) is 5.01. The Morgan fingerprint density at radius 1 is 1.16 bits per heavy atom. The number of allylic oxidation sites excluding steroid dienone is 3. The van der Waals surface area contributed by atoms with Crippen LogP contribution in [0.25, 0.3) is 0 Å². The standard InChI is InChI=1S/C25H27N3O2S/c1-15-21(24(30)28-20-7-5-6-12-26-20)22(16-8-10-17(31-4)11-9-16)23-18(27-15)13-25(2,3)14-19(23)29/h5-13,22-23,27H,14H2,1-4H3,(H,26,28,30)/p+1. The number of fused-ring (bicyclic) bond motifs is 1. The first kappa shape index (κ1) is 21.4. The number of aromatic nitrogens is 1. The maximum Gasteiger partial charge on any atom is 0.337 e. The number of thioether (sulfide) groups is 1. The van der Waals surface area contributed by atoms with Gasteiger partial charge in [0, 0.05) is 34.7 Å². The molecule has 0 saturated carbocycles. The molecule has 5 nitrogen and oxygen atoms in total. The zero-order valence-corrected chi connectivity index (χ0v) is 19.1. The van der Waals surface area contributed by atoms with Crippen molar-refractivity contribution in [2.24, 2.45) is 11.3 Å². The van der Waals surface area contributed by atoms with E-state index in [-0.39, 0.29) is 23.0 Å². The van der Waals surface area contributed by atoms with Crippen molar-refractivity contribution < 1.29 is 14.6 Å². The van der Waals surface area contributed by atoms with Crippen LogP contribution >= 0.6 is 11.8 Å². The van der Waals surface area contributed by atoms with Gasteiger partial charge >= 0.3 is 5.91 Å². The minimum atomic E-state index is -0.391. The molecular weight excluding hydrogens is 406 g/mol. The molecule has 0 bridgehead atoms. The second kappa shape index (κ2) is 8.35.